The zero-order chi connectivity index (χ0) is 17.1. The third kappa shape index (κ3) is 3.13. The molecule has 0 aromatic carbocycles. The number of nitrogens with one attached hydrogen (secondary N) is 2. The van der Waals surface area contributed by atoms with Gasteiger partial charge in [-0.1, -0.05) is 6.92 Å². The summed E-state index contributed by atoms with van der Waals surface area (Å²) in [6.45, 7) is 7.54. The van der Waals surface area contributed by atoms with Gasteiger partial charge in [0.05, 0.1) is 24.9 Å². The largest absolute Gasteiger partial charge is 0.465 e. The smallest absolute Gasteiger partial charge is 0.339 e. The van der Waals surface area contributed by atoms with Crippen molar-refractivity contribution in [3.63, 3.8) is 0 Å². The first-order valence-corrected chi connectivity index (χ1v) is 7.53. The van der Waals surface area contributed by atoms with Crippen molar-refractivity contribution in [1.82, 2.24) is 14.8 Å². The van der Waals surface area contributed by atoms with Gasteiger partial charge >= 0.3 is 5.97 Å². The predicted molar refractivity (Wildman–Crippen MR) is 86.8 cm³/mol. The molecule has 7 nitrogen and oxygen atoms in total. The van der Waals surface area contributed by atoms with Crippen LogP contribution in [0.15, 0.2) is 12.3 Å². The van der Waals surface area contributed by atoms with Crippen molar-refractivity contribution < 1.29 is 14.3 Å². The number of nitrogens with zero attached hydrogens (tertiary/aromatic N) is 2. The van der Waals surface area contributed by atoms with Crippen molar-refractivity contribution in [3.05, 3.63) is 34.8 Å². The highest BCUT2D eigenvalue weighted by molar-refractivity contribution is 6.06. The highest BCUT2D eigenvalue weighted by Gasteiger charge is 2.23. The maximum Gasteiger partial charge on any atom is 0.339 e. The molecule has 0 bridgehead atoms. The highest BCUT2D eigenvalue weighted by atomic mass is 16.5. The average Bonchev–Trinajstić information content (AvgIpc) is 3.10. The number of aromatic amines is 1. The van der Waals surface area contributed by atoms with E-state index >= 15 is 0 Å². The Kier molecular flexibility index (Phi) is 4.88. The standard InChI is InChI=1S/C16H22N4O3/c1-6-9(2)20-12(7-8-17-20)19-15(21)14-10(3)13(11(4)18-14)16(22)23-5/h7-9,18H,6H2,1-5H3,(H,19,21). The van der Waals surface area contributed by atoms with Gasteiger partial charge in [-0.25, -0.2) is 9.48 Å². The van der Waals surface area contributed by atoms with Crippen molar-refractivity contribution in [3.8, 4) is 0 Å². The molecule has 2 N–H and O–H groups in total. The summed E-state index contributed by atoms with van der Waals surface area (Å²) >= 11 is 0. The summed E-state index contributed by atoms with van der Waals surface area (Å²) in [6.07, 6.45) is 2.55. The van der Waals surface area contributed by atoms with Crippen molar-refractivity contribution in [1.29, 1.82) is 0 Å². The molecule has 7 heteroatoms. The first-order valence-electron chi connectivity index (χ1n) is 7.53. The number of aryl methyl sites for hydroxylation is 1. The Bertz CT molecular complexity index is 730. The third-order valence-electron chi connectivity index (χ3n) is 3.97. The zero-order valence-corrected chi connectivity index (χ0v) is 14.1. The lowest BCUT2D eigenvalue weighted by Gasteiger charge is -2.14. The number of carbonyl (C=O) groups excluding carboxylic acids is 2. The number of H-pyrrole nitrogens is 1. The fourth-order valence-corrected chi connectivity index (χ4v) is 2.50. The summed E-state index contributed by atoms with van der Waals surface area (Å²) in [6, 6.07) is 1.92. The lowest BCUT2D eigenvalue weighted by atomic mass is 10.1. The number of rotatable bonds is 5. The quantitative estimate of drug-likeness (QED) is 0.830. The van der Waals surface area contributed by atoms with Crippen LogP contribution in [-0.2, 0) is 4.74 Å². The molecule has 0 radical (unpaired) electrons. The number of anilines is 1. The third-order valence-corrected chi connectivity index (χ3v) is 3.97. The van der Waals surface area contributed by atoms with E-state index in [4.69, 9.17) is 4.74 Å². The van der Waals surface area contributed by atoms with Gasteiger partial charge in [-0.05, 0) is 32.8 Å². The van der Waals surface area contributed by atoms with E-state index in [1.54, 1.807) is 30.8 Å². The second-order valence-electron chi connectivity index (χ2n) is 5.49. The molecule has 0 saturated carbocycles. The molecule has 0 aliphatic rings. The van der Waals surface area contributed by atoms with Gasteiger partial charge in [0.15, 0.2) is 0 Å². The van der Waals surface area contributed by atoms with E-state index in [1.807, 2.05) is 6.92 Å². The van der Waals surface area contributed by atoms with Crippen LogP contribution in [0, 0.1) is 13.8 Å². The molecular weight excluding hydrogens is 296 g/mol. The van der Waals surface area contributed by atoms with Gasteiger partial charge < -0.3 is 15.0 Å². The average molecular weight is 318 g/mol. The van der Waals surface area contributed by atoms with Crippen molar-refractivity contribution >= 4 is 17.7 Å². The van der Waals surface area contributed by atoms with Gasteiger partial charge in [-0.15, -0.1) is 0 Å². The Balaban J connectivity index is 2.29. The summed E-state index contributed by atoms with van der Waals surface area (Å²) in [4.78, 5) is 27.3. The van der Waals surface area contributed by atoms with E-state index in [1.165, 1.54) is 7.11 Å². The SMILES string of the molecule is CCC(C)n1nccc1NC(=O)c1[nH]c(C)c(C(=O)OC)c1C. The van der Waals surface area contributed by atoms with E-state index in [-0.39, 0.29) is 11.9 Å². The van der Waals surface area contributed by atoms with E-state index in [9.17, 15) is 9.59 Å². The molecule has 0 saturated heterocycles. The fraction of sp³-hybridized carbons (Fsp3) is 0.438. The lowest BCUT2D eigenvalue weighted by Crippen LogP contribution is -2.18. The Morgan fingerprint density at radius 3 is 2.74 bits per heavy atom. The lowest BCUT2D eigenvalue weighted by molar-refractivity contribution is 0.0599. The number of esters is 1. The normalized spacial score (nSPS) is 12.0. The summed E-state index contributed by atoms with van der Waals surface area (Å²) < 4.78 is 6.53. The Labute approximate surface area is 135 Å². The second-order valence-corrected chi connectivity index (χ2v) is 5.49. The van der Waals surface area contributed by atoms with Crippen LogP contribution in [0.5, 0.6) is 0 Å². The molecule has 0 aliphatic carbocycles. The van der Waals surface area contributed by atoms with E-state index in [2.05, 4.69) is 22.3 Å². The topological polar surface area (TPSA) is 89.0 Å². The second kappa shape index (κ2) is 6.68. The molecule has 23 heavy (non-hydrogen) atoms. The van der Waals surface area contributed by atoms with E-state index in [0.717, 1.165) is 6.42 Å². The summed E-state index contributed by atoms with van der Waals surface area (Å²) in [5.41, 5.74) is 1.92. The van der Waals surface area contributed by atoms with Crippen LogP contribution in [0.4, 0.5) is 5.82 Å². The minimum atomic E-state index is -0.458. The number of aromatic nitrogens is 3. The molecule has 0 fully saturated rings. The van der Waals surface area contributed by atoms with Crippen LogP contribution in [0.3, 0.4) is 0 Å². The number of methoxy groups -OCH3 is 1. The molecule has 124 valence electrons. The molecule has 2 aromatic rings. The van der Waals surface area contributed by atoms with Crippen molar-refractivity contribution in [2.45, 2.75) is 40.2 Å². The molecule has 1 amide bonds. The van der Waals surface area contributed by atoms with Crippen LogP contribution < -0.4 is 5.32 Å². The van der Waals surface area contributed by atoms with E-state index in [0.29, 0.717) is 28.3 Å². The monoisotopic (exact) mass is 318 g/mol. The number of amides is 1. The zero-order valence-electron chi connectivity index (χ0n) is 14.1. The van der Waals surface area contributed by atoms with Crippen molar-refractivity contribution in [2.24, 2.45) is 0 Å². The van der Waals surface area contributed by atoms with Crippen molar-refractivity contribution in [2.75, 3.05) is 12.4 Å². The summed E-state index contributed by atoms with van der Waals surface area (Å²) in [5.74, 6) is -0.152. The van der Waals surface area contributed by atoms with Crippen LogP contribution >= 0.6 is 0 Å². The van der Waals surface area contributed by atoms with Gasteiger partial charge in [-0.3, -0.25) is 4.79 Å². The molecule has 2 rings (SSSR count). The molecule has 1 unspecified atom stereocenters. The fourth-order valence-electron chi connectivity index (χ4n) is 2.50. The number of ether oxygens (including phenoxy) is 1. The summed E-state index contributed by atoms with van der Waals surface area (Å²) in [7, 11) is 1.32. The first kappa shape index (κ1) is 16.8. The van der Waals surface area contributed by atoms with Gasteiger partial charge in [0.1, 0.15) is 11.5 Å². The minimum absolute atomic E-state index is 0.178. The van der Waals surface area contributed by atoms with Gasteiger partial charge in [0.25, 0.3) is 5.91 Å². The van der Waals surface area contributed by atoms with Gasteiger partial charge in [0.2, 0.25) is 0 Å². The van der Waals surface area contributed by atoms with Gasteiger partial charge in [-0.2, -0.15) is 5.10 Å². The maximum absolute atomic E-state index is 12.5. The maximum atomic E-state index is 12.5. The molecule has 2 aromatic heterocycles. The summed E-state index contributed by atoms with van der Waals surface area (Å²) in [5, 5.41) is 7.08. The van der Waals surface area contributed by atoms with Crippen LogP contribution in [0.25, 0.3) is 0 Å². The Hall–Kier alpha value is -2.57. The molecule has 2 heterocycles. The van der Waals surface area contributed by atoms with Crippen LogP contribution in [0.1, 0.15) is 58.4 Å². The number of hydrogen-bond donors (Lipinski definition) is 2. The van der Waals surface area contributed by atoms with Gasteiger partial charge in [0, 0.05) is 11.8 Å². The van der Waals surface area contributed by atoms with E-state index < -0.39 is 5.97 Å². The molecule has 0 aliphatic heterocycles. The minimum Gasteiger partial charge on any atom is -0.465 e. The Morgan fingerprint density at radius 1 is 1.43 bits per heavy atom. The highest BCUT2D eigenvalue weighted by Crippen LogP contribution is 2.21. The number of hydrogen-bond acceptors (Lipinski definition) is 4. The number of carbonyl (C=O) groups is 2. The predicted octanol–water partition coefficient (Wildman–Crippen LogP) is 2.84. The first-order chi connectivity index (χ1) is 10.9. The molecule has 1 atom stereocenters. The Morgan fingerprint density at radius 2 is 2.13 bits per heavy atom. The van der Waals surface area contributed by atoms with Crippen LogP contribution in [-0.4, -0.2) is 33.8 Å². The molecular formula is C16H22N4O3. The van der Waals surface area contributed by atoms with Crippen LogP contribution in [0.2, 0.25) is 0 Å². The molecule has 0 spiro atoms.